The highest BCUT2D eigenvalue weighted by Gasteiger charge is 2.26. The number of nitrogens with zero attached hydrogens (tertiary/aromatic N) is 4. The van der Waals surface area contributed by atoms with Gasteiger partial charge in [0.2, 0.25) is 0 Å². The third-order valence-corrected chi connectivity index (χ3v) is 5.33. The van der Waals surface area contributed by atoms with E-state index in [2.05, 4.69) is 21.8 Å². The van der Waals surface area contributed by atoms with Crippen LogP contribution < -0.4 is 4.90 Å². The van der Waals surface area contributed by atoms with Crippen LogP contribution in [0.1, 0.15) is 49.2 Å². The third kappa shape index (κ3) is 3.83. The van der Waals surface area contributed by atoms with Gasteiger partial charge in [-0.2, -0.15) is 0 Å². The van der Waals surface area contributed by atoms with Crippen LogP contribution >= 0.6 is 0 Å². The molecule has 1 aliphatic heterocycles. The standard InChI is InChI=1S/C18H30N4O/c1-14-19-17-7-4-3-6-16(17)18(20-14)22-11-8-15(9-12-22)21(2)10-5-13-23/h15,23H,3-13H2,1-2H3. The Kier molecular flexibility index (Phi) is 5.49. The summed E-state index contributed by atoms with van der Waals surface area (Å²) in [4.78, 5) is 14.4. The molecule has 1 saturated heterocycles. The normalized spacial score (nSPS) is 19.2. The number of rotatable bonds is 5. The van der Waals surface area contributed by atoms with Crippen molar-refractivity contribution in [3.63, 3.8) is 0 Å². The monoisotopic (exact) mass is 318 g/mol. The highest BCUT2D eigenvalue weighted by molar-refractivity contribution is 5.50. The maximum Gasteiger partial charge on any atom is 0.135 e. The summed E-state index contributed by atoms with van der Waals surface area (Å²) in [6.07, 6.45) is 8.02. The van der Waals surface area contributed by atoms with E-state index in [1.54, 1.807) is 0 Å². The molecule has 1 aliphatic carbocycles. The first-order chi connectivity index (χ1) is 11.2. The van der Waals surface area contributed by atoms with Gasteiger partial charge in [-0.25, -0.2) is 9.97 Å². The lowest BCUT2D eigenvalue weighted by atomic mass is 9.95. The first kappa shape index (κ1) is 16.7. The van der Waals surface area contributed by atoms with Gasteiger partial charge in [0.1, 0.15) is 11.6 Å². The smallest absolute Gasteiger partial charge is 0.135 e. The van der Waals surface area contributed by atoms with Crippen LogP contribution in [0.4, 0.5) is 5.82 Å². The van der Waals surface area contributed by atoms with Crippen LogP contribution in [0.15, 0.2) is 0 Å². The zero-order valence-electron chi connectivity index (χ0n) is 14.6. The minimum absolute atomic E-state index is 0.287. The van der Waals surface area contributed by atoms with Gasteiger partial charge in [0.05, 0.1) is 0 Å². The van der Waals surface area contributed by atoms with Crippen molar-refractivity contribution >= 4 is 5.82 Å². The van der Waals surface area contributed by atoms with Crippen molar-refractivity contribution < 1.29 is 5.11 Å². The Morgan fingerprint density at radius 3 is 2.65 bits per heavy atom. The number of anilines is 1. The summed E-state index contributed by atoms with van der Waals surface area (Å²) in [7, 11) is 2.19. The van der Waals surface area contributed by atoms with Crippen LogP contribution in [0.25, 0.3) is 0 Å². The van der Waals surface area contributed by atoms with Gasteiger partial charge < -0.3 is 14.9 Å². The van der Waals surface area contributed by atoms with Crippen molar-refractivity contribution in [3.05, 3.63) is 17.1 Å². The number of aryl methyl sites for hydroxylation is 2. The number of hydrogen-bond acceptors (Lipinski definition) is 5. The van der Waals surface area contributed by atoms with Gasteiger partial charge in [0.15, 0.2) is 0 Å². The van der Waals surface area contributed by atoms with Crippen LogP contribution in [0, 0.1) is 6.92 Å². The van der Waals surface area contributed by atoms with Gasteiger partial charge in [-0.05, 0) is 58.9 Å². The summed E-state index contributed by atoms with van der Waals surface area (Å²) >= 11 is 0. The molecule has 5 heteroatoms. The van der Waals surface area contributed by atoms with E-state index in [0.717, 1.165) is 44.7 Å². The molecule has 0 spiro atoms. The molecule has 0 atom stereocenters. The highest BCUT2D eigenvalue weighted by Crippen LogP contribution is 2.30. The summed E-state index contributed by atoms with van der Waals surface area (Å²) in [5.74, 6) is 2.13. The van der Waals surface area contributed by atoms with Crippen molar-refractivity contribution in [2.45, 2.75) is 57.9 Å². The molecule has 1 aromatic heterocycles. The predicted molar refractivity (Wildman–Crippen MR) is 93.0 cm³/mol. The van der Waals surface area contributed by atoms with E-state index in [9.17, 15) is 0 Å². The first-order valence-corrected chi connectivity index (χ1v) is 9.11. The van der Waals surface area contributed by atoms with Crippen LogP contribution in [-0.4, -0.2) is 59.3 Å². The molecule has 0 aromatic carbocycles. The molecule has 1 fully saturated rings. The summed E-state index contributed by atoms with van der Waals surface area (Å²) < 4.78 is 0. The zero-order chi connectivity index (χ0) is 16.2. The molecule has 0 amide bonds. The SMILES string of the molecule is Cc1nc2c(c(N3CCC(N(C)CCCO)CC3)n1)CCCC2. The molecule has 0 bridgehead atoms. The molecule has 0 radical (unpaired) electrons. The van der Waals surface area contributed by atoms with Crippen molar-refractivity contribution in [3.8, 4) is 0 Å². The molecule has 1 aromatic rings. The molecular weight excluding hydrogens is 288 g/mol. The second kappa shape index (κ2) is 7.58. The van der Waals surface area contributed by atoms with Crippen LogP contribution in [0.5, 0.6) is 0 Å². The number of aliphatic hydroxyl groups excluding tert-OH is 1. The number of aromatic nitrogens is 2. The summed E-state index contributed by atoms with van der Waals surface area (Å²) in [6, 6.07) is 0.636. The van der Waals surface area contributed by atoms with Gasteiger partial charge >= 0.3 is 0 Å². The first-order valence-electron chi connectivity index (χ1n) is 9.11. The van der Waals surface area contributed by atoms with Crippen molar-refractivity contribution in [2.75, 3.05) is 38.2 Å². The molecule has 5 nitrogen and oxygen atoms in total. The van der Waals surface area contributed by atoms with E-state index < -0.39 is 0 Å². The van der Waals surface area contributed by atoms with Gasteiger partial charge in [-0.3, -0.25) is 0 Å². The fourth-order valence-corrected chi connectivity index (χ4v) is 3.98. The fraction of sp³-hybridized carbons (Fsp3) is 0.778. The van der Waals surface area contributed by atoms with E-state index in [1.807, 2.05) is 6.92 Å². The maximum absolute atomic E-state index is 8.99. The Balaban J connectivity index is 1.67. The van der Waals surface area contributed by atoms with E-state index >= 15 is 0 Å². The molecular formula is C18H30N4O. The summed E-state index contributed by atoms with van der Waals surface area (Å²) in [5, 5.41) is 8.99. The average Bonchev–Trinajstić information content (AvgIpc) is 2.59. The lowest BCUT2D eigenvalue weighted by molar-refractivity contribution is 0.184. The van der Waals surface area contributed by atoms with Gasteiger partial charge in [-0.1, -0.05) is 0 Å². The largest absolute Gasteiger partial charge is 0.396 e. The van der Waals surface area contributed by atoms with E-state index in [1.165, 1.54) is 42.8 Å². The van der Waals surface area contributed by atoms with Crippen molar-refractivity contribution in [2.24, 2.45) is 0 Å². The molecule has 1 N–H and O–H groups in total. The third-order valence-electron chi connectivity index (χ3n) is 5.33. The quantitative estimate of drug-likeness (QED) is 0.899. The van der Waals surface area contributed by atoms with Crippen LogP contribution in [0.3, 0.4) is 0 Å². The molecule has 2 aliphatic rings. The second-order valence-electron chi connectivity index (χ2n) is 7.00. The van der Waals surface area contributed by atoms with Crippen LogP contribution in [-0.2, 0) is 12.8 Å². The lowest BCUT2D eigenvalue weighted by Crippen LogP contribution is -2.44. The Hall–Kier alpha value is -1.20. The minimum Gasteiger partial charge on any atom is -0.396 e. The molecule has 23 heavy (non-hydrogen) atoms. The number of piperidine rings is 1. The van der Waals surface area contributed by atoms with Gasteiger partial charge in [0.25, 0.3) is 0 Å². The summed E-state index contributed by atoms with van der Waals surface area (Å²) in [6.45, 7) is 5.46. The molecule has 3 rings (SSSR count). The number of hydrogen-bond donors (Lipinski definition) is 1. The Morgan fingerprint density at radius 2 is 1.91 bits per heavy atom. The van der Waals surface area contributed by atoms with Gasteiger partial charge in [0, 0.05) is 43.5 Å². The number of fused-ring (bicyclic) bond motifs is 1. The zero-order valence-corrected chi connectivity index (χ0v) is 14.6. The molecule has 0 saturated carbocycles. The topological polar surface area (TPSA) is 52.5 Å². The van der Waals surface area contributed by atoms with E-state index in [-0.39, 0.29) is 6.61 Å². The van der Waals surface area contributed by atoms with E-state index in [4.69, 9.17) is 10.1 Å². The fourth-order valence-electron chi connectivity index (χ4n) is 3.98. The predicted octanol–water partition coefficient (Wildman–Crippen LogP) is 1.95. The van der Waals surface area contributed by atoms with E-state index in [0.29, 0.717) is 6.04 Å². The van der Waals surface area contributed by atoms with Crippen molar-refractivity contribution in [1.82, 2.24) is 14.9 Å². The Morgan fingerprint density at radius 1 is 1.17 bits per heavy atom. The maximum atomic E-state index is 8.99. The number of aliphatic hydroxyl groups is 1. The van der Waals surface area contributed by atoms with Crippen molar-refractivity contribution in [1.29, 1.82) is 0 Å². The highest BCUT2D eigenvalue weighted by atomic mass is 16.3. The Labute approximate surface area is 139 Å². The minimum atomic E-state index is 0.287. The summed E-state index contributed by atoms with van der Waals surface area (Å²) in [5.41, 5.74) is 2.70. The lowest BCUT2D eigenvalue weighted by Gasteiger charge is -2.38. The average molecular weight is 318 g/mol. The van der Waals surface area contributed by atoms with Gasteiger partial charge in [-0.15, -0.1) is 0 Å². The van der Waals surface area contributed by atoms with Crippen LogP contribution in [0.2, 0.25) is 0 Å². The second-order valence-corrected chi connectivity index (χ2v) is 7.00. The Bertz CT molecular complexity index is 526. The molecule has 2 heterocycles. The molecule has 128 valence electrons. The molecule has 0 unspecified atom stereocenters.